The zero-order chi connectivity index (χ0) is 17.6. The predicted octanol–water partition coefficient (Wildman–Crippen LogP) is 4.11. The van der Waals surface area contributed by atoms with Gasteiger partial charge in [0.25, 0.3) is 5.91 Å². The Morgan fingerprint density at radius 2 is 2.00 bits per heavy atom. The minimum atomic E-state index is -0.282. The molecule has 7 heteroatoms. The molecular weight excluding hydrogens is 358 g/mol. The van der Waals surface area contributed by atoms with Gasteiger partial charge >= 0.3 is 0 Å². The standard InChI is InChI=1S/C18H16ClN3O2S/c1-12-9-14(7-8-15(12)19)24-11-16(23)20-18-22-21-17(25-18)10-13-5-3-2-4-6-13/h2-9H,10-11H2,1H3,(H,20,22,23). The van der Waals surface area contributed by atoms with Gasteiger partial charge in [0.1, 0.15) is 10.8 Å². The van der Waals surface area contributed by atoms with Crippen molar-refractivity contribution in [1.29, 1.82) is 0 Å². The summed E-state index contributed by atoms with van der Waals surface area (Å²) in [5.41, 5.74) is 2.05. The summed E-state index contributed by atoms with van der Waals surface area (Å²) in [7, 11) is 0. The fourth-order valence-corrected chi connectivity index (χ4v) is 3.06. The molecule has 1 aromatic heterocycles. The summed E-state index contributed by atoms with van der Waals surface area (Å²) in [4.78, 5) is 12.0. The topological polar surface area (TPSA) is 64.1 Å². The first kappa shape index (κ1) is 17.4. The van der Waals surface area contributed by atoms with Crippen molar-refractivity contribution >= 4 is 34.0 Å². The van der Waals surface area contributed by atoms with Crippen molar-refractivity contribution < 1.29 is 9.53 Å². The molecule has 0 radical (unpaired) electrons. The molecular formula is C18H16ClN3O2S. The molecule has 2 aromatic carbocycles. The lowest BCUT2D eigenvalue weighted by molar-refractivity contribution is -0.118. The first-order chi connectivity index (χ1) is 12.1. The second kappa shape index (κ2) is 8.09. The molecule has 1 N–H and O–H groups in total. The van der Waals surface area contributed by atoms with E-state index in [0.717, 1.165) is 16.1 Å². The summed E-state index contributed by atoms with van der Waals surface area (Å²) < 4.78 is 5.46. The average Bonchev–Trinajstić information content (AvgIpc) is 3.03. The van der Waals surface area contributed by atoms with Crippen LogP contribution < -0.4 is 10.1 Å². The van der Waals surface area contributed by atoms with E-state index in [4.69, 9.17) is 16.3 Å². The van der Waals surface area contributed by atoms with E-state index < -0.39 is 0 Å². The Bertz CT molecular complexity index is 868. The fourth-order valence-electron chi connectivity index (χ4n) is 2.16. The maximum absolute atomic E-state index is 12.0. The van der Waals surface area contributed by atoms with Crippen LogP contribution in [-0.4, -0.2) is 22.7 Å². The molecule has 0 aliphatic rings. The van der Waals surface area contributed by atoms with Crippen molar-refractivity contribution in [3.8, 4) is 5.75 Å². The maximum atomic E-state index is 12.0. The summed E-state index contributed by atoms with van der Waals surface area (Å²) in [5, 5.41) is 12.8. The summed E-state index contributed by atoms with van der Waals surface area (Å²) >= 11 is 7.32. The third-order valence-corrected chi connectivity index (χ3v) is 4.67. The second-order valence-electron chi connectivity index (χ2n) is 5.41. The fraction of sp³-hybridized carbons (Fsp3) is 0.167. The number of amides is 1. The first-order valence-corrected chi connectivity index (χ1v) is 8.85. The van der Waals surface area contributed by atoms with Crippen molar-refractivity contribution in [2.45, 2.75) is 13.3 Å². The van der Waals surface area contributed by atoms with Gasteiger partial charge in [-0.2, -0.15) is 0 Å². The number of benzene rings is 2. The number of aromatic nitrogens is 2. The van der Waals surface area contributed by atoms with Gasteiger partial charge in [-0.1, -0.05) is 53.3 Å². The monoisotopic (exact) mass is 373 g/mol. The highest BCUT2D eigenvalue weighted by atomic mass is 35.5. The van der Waals surface area contributed by atoms with E-state index in [2.05, 4.69) is 15.5 Å². The highest BCUT2D eigenvalue weighted by molar-refractivity contribution is 7.15. The van der Waals surface area contributed by atoms with Crippen molar-refractivity contribution in [1.82, 2.24) is 10.2 Å². The van der Waals surface area contributed by atoms with Gasteiger partial charge in [0.2, 0.25) is 5.13 Å². The van der Waals surface area contributed by atoms with E-state index in [-0.39, 0.29) is 12.5 Å². The van der Waals surface area contributed by atoms with Crippen LogP contribution >= 0.6 is 22.9 Å². The Balaban J connectivity index is 1.52. The van der Waals surface area contributed by atoms with E-state index >= 15 is 0 Å². The zero-order valence-electron chi connectivity index (χ0n) is 13.5. The Hall–Kier alpha value is -2.44. The van der Waals surface area contributed by atoms with Gasteiger partial charge in [-0.05, 0) is 36.2 Å². The van der Waals surface area contributed by atoms with Gasteiger partial charge in [0.15, 0.2) is 6.61 Å². The minimum Gasteiger partial charge on any atom is -0.484 e. The van der Waals surface area contributed by atoms with Crippen LogP contribution in [0.1, 0.15) is 16.1 Å². The Morgan fingerprint density at radius 3 is 2.76 bits per heavy atom. The lowest BCUT2D eigenvalue weighted by Gasteiger charge is -2.07. The molecule has 128 valence electrons. The molecule has 0 atom stereocenters. The smallest absolute Gasteiger partial charge is 0.264 e. The number of carbonyl (C=O) groups is 1. The van der Waals surface area contributed by atoms with Gasteiger partial charge in [-0.25, -0.2) is 0 Å². The molecule has 0 spiro atoms. The van der Waals surface area contributed by atoms with Crippen LogP contribution in [0.3, 0.4) is 0 Å². The van der Waals surface area contributed by atoms with Crippen LogP contribution in [0.2, 0.25) is 5.02 Å². The molecule has 0 aliphatic carbocycles. The summed E-state index contributed by atoms with van der Waals surface area (Å²) in [6, 6.07) is 15.2. The number of halogens is 1. The molecule has 0 aliphatic heterocycles. The highest BCUT2D eigenvalue weighted by Gasteiger charge is 2.10. The van der Waals surface area contributed by atoms with E-state index in [1.165, 1.54) is 11.3 Å². The van der Waals surface area contributed by atoms with Crippen molar-refractivity contribution in [3.63, 3.8) is 0 Å². The molecule has 25 heavy (non-hydrogen) atoms. The average molecular weight is 374 g/mol. The van der Waals surface area contributed by atoms with Gasteiger partial charge in [0, 0.05) is 11.4 Å². The molecule has 3 aromatic rings. The third kappa shape index (κ3) is 5.01. The number of rotatable bonds is 6. The summed E-state index contributed by atoms with van der Waals surface area (Å²) in [5.74, 6) is 0.314. The quantitative estimate of drug-likeness (QED) is 0.706. The number of anilines is 1. The van der Waals surface area contributed by atoms with Crippen LogP contribution in [0.5, 0.6) is 5.75 Å². The Labute approximate surface area is 154 Å². The Kier molecular flexibility index (Phi) is 5.63. The van der Waals surface area contributed by atoms with E-state index in [1.54, 1.807) is 18.2 Å². The van der Waals surface area contributed by atoms with Gasteiger partial charge < -0.3 is 4.74 Å². The van der Waals surface area contributed by atoms with Gasteiger partial charge in [-0.3, -0.25) is 10.1 Å². The SMILES string of the molecule is Cc1cc(OCC(=O)Nc2nnc(Cc3ccccc3)s2)ccc1Cl. The molecule has 0 bridgehead atoms. The van der Waals surface area contributed by atoms with Crippen LogP contribution in [0.15, 0.2) is 48.5 Å². The largest absolute Gasteiger partial charge is 0.484 e. The minimum absolute atomic E-state index is 0.103. The lowest BCUT2D eigenvalue weighted by atomic mass is 10.2. The maximum Gasteiger partial charge on any atom is 0.264 e. The van der Waals surface area contributed by atoms with E-state index in [0.29, 0.717) is 22.3 Å². The summed E-state index contributed by atoms with van der Waals surface area (Å²) in [6.07, 6.45) is 0.689. The van der Waals surface area contributed by atoms with E-state index in [1.807, 2.05) is 37.3 Å². The molecule has 1 heterocycles. The van der Waals surface area contributed by atoms with Crippen molar-refractivity contribution in [2.75, 3.05) is 11.9 Å². The number of hydrogen-bond donors (Lipinski definition) is 1. The van der Waals surface area contributed by atoms with E-state index in [9.17, 15) is 4.79 Å². The predicted molar refractivity (Wildman–Crippen MR) is 99.5 cm³/mol. The molecule has 1 amide bonds. The summed E-state index contributed by atoms with van der Waals surface area (Å²) in [6.45, 7) is 1.78. The number of hydrogen-bond acceptors (Lipinski definition) is 5. The molecule has 3 rings (SSSR count). The number of ether oxygens (including phenoxy) is 1. The molecule has 0 saturated carbocycles. The van der Waals surface area contributed by atoms with Gasteiger partial charge in [-0.15, -0.1) is 10.2 Å². The van der Waals surface area contributed by atoms with Crippen molar-refractivity contribution in [3.05, 3.63) is 69.7 Å². The molecule has 0 fully saturated rings. The number of nitrogens with zero attached hydrogens (tertiary/aromatic N) is 2. The van der Waals surface area contributed by atoms with Gasteiger partial charge in [0.05, 0.1) is 0 Å². The molecule has 0 saturated heterocycles. The van der Waals surface area contributed by atoms with Crippen LogP contribution in [0.25, 0.3) is 0 Å². The number of carbonyl (C=O) groups excluding carboxylic acids is 1. The lowest BCUT2D eigenvalue weighted by Crippen LogP contribution is -2.20. The second-order valence-corrected chi connectivity index (χ2v) is 6.88. The zero-order valence-corrected chi connectivity index (χ0v) is 15.1. The Morgan fingerprint density at radius 1 is 1.20 bits per heavy atom. The third-order valence-electron chi connectivity index (χ3n) is 3.41. The number of nitrogens with one attached hydrogen (secondary N) is 1. The highest BCUT2D eigenvalue weighted by Crippen LogP contribution is 2.21. The van der Waals surface area contributed by atoms with Crippen LogP contribution in [0, 0.1) is 6.92 Å². The molecule has 5 nitrogen and oxygen atoms in total. The normalized spacial score (nSPS) is 10.5. The molecule has 0 unspecified atom stereocenters. The van der Waals surface area contributed by atoms with Crippen molar-refractivity contribution in [2.24, 2.45) is 0 Å². The van der Waals surface area contributed by atoms with Crippen LogP contribution in [0.4, 0.5) is 5.13 Å². The first-order valence-electron chi connectivity index (χ1n) is 7.65. The van der Waals surface area contributed by atoms with Crippen LogP contribution in [-0.2, 0) is 11.2 Å². The number of aryl methyl sites for hydroxylation is 1.